The Morgan fingerprint density at radius 2 is 0.839 bits per heavy atom. The van der Waals surface area contributed by atoms with Crippen LogP contribution in [0.2, 0.25) is 0 Å². The molecule has 12 rings (SSSR count). The number of nitrogens with zero attached hydrogens (tertiary/aromatic N) is 2. The van der Waals surface area contributed by atoms with Crippen molar-refractivity contribution in [3.05, 3.63) is 243 Å². The molecular weight excluding hydrogens is 749 g/mol. The van der Waals surface area contributed by atoms with Gasteiger partial charge in [0.15, 0.2) is 0 Å². The summed E-state index contributed by atoms with van der Waals surface area (Å²) < 4.78 is 2.43. The van der Waals surface area contributed by atoms with E-state index in [1.165, 1.54) is 81.9 Å². The van der Waals surface area contributed by atoms with Crippen LogP contribution in [-0.4, -0.2) is 4.57 Å². The highest BCUT2D eigenvalue weighted by Crippen LogP contribution is 2.48. The van der Waals surface area contributed by atoms with E-state index in [4.69, 9.17) is 0 Å². The summed E-state index contributed by atoms with van der Waals surface area (Å²) in [5.41, 5.74) is 14.1. The van der Waals surface area contributed by atoms with Crippen molar-refractivity contribution in [1.82, 2.24) is 4.57 Å². The van der Waals surface area contributed by atoms with E-state index in [-0.39, 0.29) is 0 Å². The van der Waals surface area contributed by atoms with Crippen LogP contribution in [0.3, 0.4) is 0 Å². The van der Waals surface area contributed by atoms with Crippen molar-refractivity contribution in [2.75, 3.05) is 4.90 Å². The van der Waals surface area contributed by atoms with Gasteiger partial charge in [0.2, 0.25) is 0 Å². The highest BCUT2D eigenvalue weighted by molar-refractivity contribution is 6.22. The Kier molecular flexibility index (Phi) is 8.53. The minimum absolute atomic E-state index is 1.09. The van der Waals surface area contributed by atoms with E-state index in [1.807, 2.05) is 0 Å². The van der Waals surface area contributed by atoms with E-state index >= 15 is 0 Å². The number of fused-ring (bicyclic) bond motifs is 7. The van der Waals surface area contributed by atoms with Crippen LogP contribution in [-0.2, 0) is 0 Å². The fourth-order valence-electron chi connectivity index (χ4n) is 9.87. The maximum Gasteiger partial charge on any atom is 0.0619 e. The largest absolute Gasteiger partial charge is 0.310 e. The maximum atomic E-state index is 2.46. The summed E-state index contributed by atoms with van der Waals surface area (Å²) >= 11 is 0. The molecule has 0 bridgehead atoms. The lowest BCUT2D eigenvalue weighted by Gasteiger charge is -2.28. The molecule has 0 saturated heterocycles. The molecule has 62 heavy (non-hydrogen) atoms. The van der Waals surface area contributed by atoms with E-state index in [2.05, 4.69) is 252 Å². The Morgan fingerprint density at radius 3 is 1.61 bits per heavy atom. The van der Waals surface area contributed by atoms with Crippen LogP contribution in [0.1, 0.15) is 0 Å². The van der Waals surface area contributed by atoms with Gasteiger partial charge in [-0.1, -0.05) is 194 Å². The molecule has 0 spiro atoms. The van der Waals surface area contributed by atoms with Crippen molar-refractivity contribution in [3.8, 4) is 39.1 Å². The monoisotopic (exact) mass is 788 g/mol. The van der Waals surface area contributed by atoms with E-state index in [0.717, 1.165) is 28.3 Å². The minimum Gasteiger partial charge on any atom is -0.310 e. The van der Waals surface area contributed by atoms with Gasteiger partial charge in [-0.3, -0.25) is 0 Å². The molecule has 0 aliphatic rings. The fraction of sp³-hybridized carbons (Fsp3) is 0. The molecule has 0 atom stereocenters. The first-order valence-corrected chi connectivity index (χ1v) is 21.4. The third-order valence-corrected chi connectivity index (χ3v) is 12.5. The zero-order valence-corrected chi connectivity index (χ0v) is 34.0. The molecule has 11 aromatic carbocycles. The first-order valence-electron chi connectivity index (χ1n) is 21.4. The molecule has 0 fully saturated rings. The molecule has 12 aromatic rings. The summed E-state index contributed by atoms with van der Waals surface area (Å²) in [6, 6.07) is 88.6. The zero-order valence-electron chi connectivity index (χ0n) is 34.0. The number of para-hydroxylation sites is 3. The summed E-state index contributed by atoms with van der Waals surface area (Å²) in [5, 5.41) is 9.81. The first kappa shape index (κ1) is 35.7. The standard InChI is InChI=1S/C60H40N2/c1-4-20-42(21-5-1)58-53-32-13-12-30-50(53)51-38-37-47(40-55(51)59(58)43-22-6-2-7-23-43)61(56-36-17-24-41-19-10-11-29-48(41)56)46-28-16-25-44(39-46)49-33-18-34-54-52-31-14-15-35-57(52)62(60(49)54)45-26-8-3-9-27-45/h1-40H. The molecular formula is C60H40N2. The Hall–Kier alpha value is -8.20. The predicted molar refractivity (Wildman–Crippen MR) is 264 cm³/mol. The van der Waals surface area contributed by atoms with Crippen molar-refractivity contribution >= 4 is 71.2 Å². The number of anilines is 3. The predicted octanol–water partition coefficient (Wildman–Crippen LogP) is 16.7. The number of hydrogen-bond donors (Lipinski definition) is 0. The smallest absolute Gasteiger partial charge is 0.0619 e. The second kappa shape index (κ2) is 14.8. The summed E-state index contributed by atoms with van der Waals surface area (Å²) in [6.45, 7) is 0. The first-order chi connectivity index (χ1) is 30.8. The van der Waals surface area contributed by atoms with Gasteiger partial charge in [0.25, 0.3) is 0 Å². The summed E-state index contributed by atoms with van der Waals surface area (Å²) in [7, 11) is 0. The average Bonchev–Trinajstić information content (AvgIpc) is 3.69. The molecule has 0 amide bonds. The van der Waals surface area contributed by atoms with Crippen molar-refractivity contribution in [1.29, 1.82) is 0 Å². The van der Waals surface area contributed by atoms with Gasteiger partial charge in [0.1, 0.15) is 0 Å². The van der Waals surface area contributed by atoms with Gasteiger partial charge in [0, 0.05) is 38.8 Å². The lowest BCUT2D eigenvalue weighted by Crippen LogP contribution is -2.11. The van der Waals surface area contributed by atoms with Gasteiger partial charge < -0.3 is 9.47 Å². The lowest BCUT2D eigenvalue weighted by atomic mass is 9.85. The fourth-order valence-corrected chi connectivity index (χ4v) is 9.87. The number of hydrogen-bond acceptors (Lipinski definition) is 1. The van der Waals surface area contributed by atoms with Gasteiger partial charge in [0.05, 0.1) is 16.7 Å². The molecule has 0 aliphatic carbocycles. The second-order valence-corrected chi connectivity index (χ2v) is 16.0. The summed E-state index contributed by atoms with van der Waals surface area (Å²) in [4.78, 5) is 2.46. The number of rotatable bonds is 7. The van der Waals surface area contributed by atoms with E-state index in [1.54, 1.807) is 0 Å². The Morgan fingerprint density at radius 1 is 0.306 bits per heavy atom. The molecule has 0 unspecified atom stereocenters. The molecule has 0 N–H and O–H groups in total. The van der Waals surface area contributed by atoms with Gasteiger partial charge in [-0.05, 0) is 103 Å². The van der Waals surface area contributed by atoms with Gasteiger partial charge in [-0.25, -0.2) is 0 Å². The van der Waals surface area contributed by atoms with Crippen molar-refractivity contribution in [3.63, 3.8) is 0 Å². The molecule has 0 radical (unpaired) electrons. The van der Waals surface area contributed by atoms with Crippen molar-refractivity contribution in [2.24, 2.45) is 0 Å². The number of aromatic nitrogens is 1. The van der Waals surface area contributed by atoms with Crippen LogP contribution in [0.5, 0.6) is 0 Å². The maximum absolute atomic E-state index is 2.46. The molecule has 2 heteroatoms. The zero-order chi connectivity index (χ0) is 41.0. The molecule has 1 aromatic heterocycles. The van der Waals surface area contributed by atoms with Gasteiger partial charge >= 0.3 is 0 Å². The van der Waals surface area contributed by atoms with E-state index < -0.39 is 0 Å². The Labute approximate surface area is 360 Å². The average molecular weight is 789 g/mol. The van der Waals surface area contributed by atoms with Crippen LogP contribution in [0.4, 0.5) is 17.1 Å². The van der Waals surface area contributed by atoms with Crippen LogP contribution in [0.25, 0.3) is 93.2 Å². The third-order valence-electron chi connectivity index (χ3n) is 12.5. The van der Waals surface area contributed by atoms with E-state index in [9.17, 15) is 0 Å². The topological polar surface area (TPSA) is 8.17 Å². The third kappa shape index (κ3) is 5.80. The second-order valence-electron chi connectivity index (χ2n) is 16.0. The number of benzene rings is 11. The van der Waals surface area contributed by atoms with Crippen molar-refractivity contribution < 1.29 is 0 Å². The molecule has 0 saturated carbocycles. The SMILES string of the molecule is c1ccc(-c2c(-c3ccccc3)c3cc(N(c4cccc(-c5cccc6c7ccccc7n(-c7ccccc7)c56)c4)c4cccc5ccccc45)ccc3c3ccccc23)cc1. The highest BCUT2D eigenvalue weighted by atomic mass is 15.1. The van der Waals surface area contributed by atoms with Crippen molar-refractivity contribution in [2.45, 2.75) is 0 Å². The molecule has 1 heterocycles. The van der Waals surface area contributed by atoms with Gasteiger partial charge in [-0.15, -0.1) is 0 Å². The Bertz CT molecular complexity index is 3620. The Balaban J connectivity index is 1.14. The minimum atomic E-state index is 1.09. The summed E-state index contributed by atoms with van der Waals surface area (Å²) in [5.74, 6) is 0. The van der Waals surface area contributed by atoms with Gasteiger partial charge in [-0.2, -0.15) is 0 Å². The lowest BCUT2D eigenvalue weighted by molar-refractivity contribution is 1.18. The highest BCUT2D eigenvalue weighted by Gasteiger charge is 2.22. The van der Waals surface area contributed by atoms with Crippen LogP contribution >= 0.6 is 0 Å². The van der Waals surface area contributed by atoms with Crippen LogP contribution in [0, 0.1) is 0 Å². The van der Waals surface area contributed by atoms with Crippen LogP contribution < -0.4 is 4.90 Å². The normalized spacial score (nSPS) is 11.5. The quantitative estimate of drug-likeness (QED) is 0.146. The van der Waals surface area contributed by atoms with E-state index in [0.29, 0.717) is 0 Å². The van der Waals surface area contributed by atoms with Crippen LogP contribution in [0.15, 0.2) is 243 Å². The molecule has 0 aliphatic heterocycles. The molecule has 290 valence electrons. The summed E-state index contributed by atoms with van der Waals surface area (Å²) in [6.07, 6.45) is 0. The molecule has 2 nitrogen and oxygen atoms in total.